The average molecular weight is 323 g/mol. The number of morpholine rings is 1. The van der Waals surface area contributed by atoms with Crippen LogP contribution in [0.1, 0.15) is 44.9 Å². The van der Waals surface area contributed by atoms with E-state index in [2.05, 4.69) is 15.1 Å². The summed E-state index contributed by atoms with van der Waals surface area (Å²) in [5.41, 5.74) is 0.357. The fourth-order valence-corrected chi connectivity index (χ4v) is 3.80. The minimum atomic E-state index is 0.238. The Bertz CT molecular complexity index is 370. The first-order valence-electron chi connectivity index (χ1n) is 9.55. The Balaban J connectivity index is 1.32. The molecule has 0 aromatic rings. The van der Waals surface area contributed by atoms with Gasteiger partial charge in [0.05, 0.1) is 13.2 Å². The van der Waals surface area contributed by atoms with Gasteiger partial charge in [0, 0.05) is 44.6 Å². The minimum Gasteiger partial charge on any atom is -0.379 e. The zero-order chi connectivity index (χ0) is 16.0. The number of nitrogens with one attached hydrogen (secondary N) is 1. The number of rotatable bonds is 7. The van der Waals surface area contributed by atoms with E-state index in [4.69, 9.17) is 4.74 Å². The summed E-state index contributed by atoms with van der Waals surface area (Å²) >= 11 is 0. The van der Waals surface area contributed by atoms with Crippen molar-refractivity contribution >= 4 is 5.91 Å². The van der Waals surface area contributed by atoms with Crippen molar-refractivity contribution in [3.05, 3.63) is 0 Å². The highest BCUT2D eigenvalue weighted by molar-refractivity contribution is 5.76. The Hall–Kier alpha value is -0.650. The predicted octanol–water partition coefficient (Wildman–Crippen LogP) is 1.48. The van der Waals surface area contributed by atoms with Gasteiger partial charge in [-0.1, -0.05) is 12.8 Å². The summed E-state index contributed by atoms with van der Waals surface area (Å²) in [7, 11) is 0. The van der Waals surface area contributed by atoms with Crippen LogP contribution in [0.3, 0.4) is 0 Å². The fourth-order valence-electron chi connectivity index (χ4n) is 3.80. The molecule has 3 fully saturated rings. The first-order valence-corrected chi connectivity index (χ1v) is 9.55. The van der Waals surface area contributed by atoms with Crippen LogP contribution in [0.4, 0.5) is 0 Å². The molecule has 0 unspecified atom stereocenters. The molecule has 1 amide bonds. The zero-order valence-corrected chi connectivity index (χ0v) is 14.5. The molecule has 0 radical (unpaired) electrons. The normalized spacial score (nSPS) is 25.7. The number of amides is 1. The number of hydrogen-bond donors (Lipinski definition) is 1. The van der Waals surface area contributed by atoms with Gasteiger partial charge < -0.3 is 15.0 Å². The van der Waals surface area contributed by atoms with Gasteiger partial charge in [-0.15, -0.1) is 0 Å². The van der Waals surface area contributed by atoms with Crippen LogP contribution in [0.15, 0.2) is 0 Å². The summed E-state index contributed by atoms with van der Waals surface area (Å²) in [4.78, 5) is 17.1. The van der Waals surface area contributed by atoms with E-state index >= 15 is 0 Å². The molecule has 2 aliphatic heterocycles. The first-order chi connectivity index (χ1) is 11.3. The maximum Gasteiger partial charge on any atom is 0.221 e. The van der Waals surface area contributed by atoms with E-state index in [0.717, 1.165) is 45.9 Å². The lowest BCUT2D eigenvalue weighted by atomic mass is 10.1. The molecule has 0 bridgehead atoms. The molecule has 3 aliphatic rings. The van der Waals surface area contributed by atoms with Gasteiger partial charge >= 0.3 is 0 Å². The zero-order valence-electron chi connectivity index (χ0n) is 14.5. The molecular weight excluding hydrogens is 290 g/mol. The lowest BCUT2D eigenvalue weighted by molar-refractivity contribution is -0.121. The molecule has 0 spiro atoms. The third-order valence-corrected chi connectivity index (χ3v) is 5.63. The topological polar surface area (TPSA) is 44.8 Å². The third kappa shape index (κ3) is 5.73. The van der Waals surface area contributed by atoms with Crippen molar-refractivity contribution in [1.29, 1.82) is 0 Å². The predicted molar refractivity (Wildman–Crippen MR) is 91.5 cm³/mol. The molecule has 1 aliphatic carbocycles. The van der Waals surface area contributed by atoms with Crippen molar-refractivity contribution < 1.29 is 9.53 Å². The van der Waals surface area contributed by atoms with Crippen LogP contribution in [0.2, 0.25) is 0 Å². The summed E-state index contributed by atoms with van der Waals surface area (Å²) in [5.74, 6) is 0.238. The molecule has 0 aromatic carbocycles. The van der Waals surface area contributed by atoms with Gasteiger partial charge in [-0.2, -0.15) is 0 Å². The van der Waals surface area contributed by atoms with Crippen LogP contribution in [0, 0.1) is 5.41 Å². The average Bonchev–Trinajstić information content (AvgIpc) is 3.37. The molecule has 1 saturated carbocycles. The smallest absolute Gasteiger partial charge is 0.221 e. The Morgan fingerprint density at radius 1 is 0.957 bits per heavy atom. The number of nitrogens with zero attached hydrogens (tertiary/aromatic N) is 2. The molecule has 0 aromatic heterocycles. The lowest BCUT2D eigenvalue weighted by Crippen LogP contribution is -2.43. The minimum absolute atomic E-state index is 0.238. The molecule has 5 heteroatoms. The number of carbonyl (C=O) groups excluding carboxylic acids is 1. The van der Waals surface area contributed by atoms with Crippen LogP contribution >= 0.6 is 0 Å². The quantitative estimate of drug-likeness (QED) is 0.771. The van der Waals surface area contributed by atoms with Crippen LogP contribution in [0.5, 0.6) is 0 Å². The van der Waals surface area contributed by atoms with Crippen LogP contribution < -0.4 is 5.32 Å². The maximum absolute atomic E-state index is 12.2. The van der Waals surface area contributed by atoms with E-state index in [0.29, 0.717) is 11.8 Å². The Labute approximate surface area is 140 Å². The van der Waals surface area contributed by atoms with Gasteiger partial charge in [-0.05, 0) is 38.8 Å². The lowest BCUT2D eigenvalue weighted by Gasteiger charge is -2.30. The monoisotopic (exact) mass is 323 g/mol. The van der Waals surface area contributed by atoms with Crippen molar-refractivity contribution in [2.45, 2.75) is 44.9 Å². The van der Waals surface area contributed by atoms with Gasteiger partial charge in [0.25, 0.3) is 0 Å². The summed E-state index contributed by atoms with van der Waals surface area (Å²) < 4.78 is 5.42. The summed E-state index contributed by atoms with van der Waals surface area (Å²) in [6.07, 6.45) is 8.48. The maximum atomic E-state index is 12.2. The molecule has 1 N–H and O–H groups in total. The molecule has 23 heavy (non-hydrogen) atoms. The van der Waals surface area contributed by atoms with Crippen molar-refractivity contribution in [3.63, 3.8) is 0 Å². The van der Waals surface area contributed by atoms with Gasteiger partial charge in [0.2, 0.25) is 5.91 Å². The van der Waals surface area contributed by atoms with Gasteiger partial charge in [0.15, 0.2) is 0 Å². The number of hydrogen-bond acceptors (Lipinski definition) is 4. The Morgan fingerprint density at radius 2 is 1.65 bits per heavy atom. The second kappa shape index (κ2) is 8.45. The first kappa shape index (κ1) is 17.2. The number of ether oxygens (including phenoxy) is 1. The number of carbonyl (C=O) groups is 1. The highest BCUT2D eigenvalue weighted by atomic mass is 16.5. The Kier molecular flexibility index (Phi) is 6.31. The van der Waals surface area contributed by atoms with E-state index in [1.807, 2.05) is 0 Å². The second-order valence-corrected chi connectivity index (χ2v) is 7.67. The highest BCUT2D eigenvalue weighted by Gasteiger charge is 2.44. The van der Waals surface area contributed by atoms with E-state index in [-0.39, 0.29) is 5.91 Å². The van der Waals surface area contributed by atoms with E-state index in [1.165, 1.54) is 51.6 Å². The SMILES string of the molecule is O=C(CCN1CCCCCC1)NCC1(CN2CCOCC2)CC1. The largest absolute Gasteiger partial charge is 0.379 e. The molecular formula is C18H33N3O2. The van der Waals surface area contributed by atoms with Crippen LogP contribution in [-0.2, 0) is 9.53 Å². The van der Waals surface area contributed by atoms with Crippen molar-refractivity contribution in [3.8, 4) is 0 Å². The molecule has 2 saturated heterocycles. The summed E-state index contributed by atoms with van der Waals surface area (Å²) in [5, 5.41) is 3.21. The van der Waals surface area contributed by atoms with Crippen molar-refractivity contribution in [2.75, 3.05) is 59.0 Å². The van der Waals surface area contributed by atoms with E-state index in [9.17, 15) is 4.79 Å². The van der Waals surface area contributed by atoms with E-state index in [1.54, 1.807) is 0 Å². The standard InChI is InChI=1S/C18H33N3O2/c22-17(5-10-20-8-3-1-2-4-9-20)19-15-18(6-7-18)16-21-11-13-23-14-12-21/h1-16H2,(H,19,22). The van der Waals surface area contributed by atoms with Crippen LogP contribution in [0.25, 0.3) is 0 Å². The van der Waals surface area contributed by atoms with Gasteiger partial charge in [-0.25, -0.2) is 0 Å². The third-order valence-electron chi connectivity index (χ3n) is 5.63. The van der Waals surface area contributed by atoms with Gasteiger partial charge in [0.1, 0.15) is 0 Å². The fraction of sp³-hybridized carbons (Fsp3) is 0.944. The van der Waals surface area contributed by atoms with Gasteiger partial charge in [-0.3, -0.25) is 9.69 Å². The molecule has 2 heterocycles. The number of likely N-dealkylation sites (tertiary alicyclic amines) is 1. The second-order valence-electron chi connectivity index (χ2n) is 7.67. The molecule has 3 rings (SSSR count). The molecule has 132 valence electrons. The van der Waals surface area contributed by atoms with Crippen LogP contribution in [-0.4, -0.2) is 74.7 Å². The summed E-state index contributed by atoms with van der Waals surface area (Å²) in [6.45, 7) is 9.09. The van der Waals surface area contributed by atoms with E-state index < -0.39 is 0 Å². The Morgan fingerprint density at radius 3 is 2.30 bits per heavy atom. The van der Waals surface area contributed by atoms with Crippen molar-refractivity contribution in [1.82, 2.24) is 15.1 Å². The van der Waals surface area contributed by atoms with Crippen molar-refractivity contribution in [2.24, 2.45) is 5.41 Å². The molecule has 0 atom stereocenters. The summed E-state index contributed by atoms with van der Waals surface area (Å²) in [6, 6.07) is 0. The molecule has 5 nitrogen and oxygen atoms in total. The highest BCUT2D eigenvalue weighted by Crippen LogP contribution is 2.45.